The number of aromatic nitrogens is 3. The zero-order valence-corrected chi connectivity index (χ0v) is 77.6. The quantitative estimate of drug-likeness (QED) is 0.135. The van der Waals surface area contributed by atoms with E-state index in [0.717, 1.165) is 48.3 Å². The second-order valence-electron chi connectivity index (χ2n) is 36.6. The third-order valence-corrected chi connectivity index (χ3v) is 32.1. The Balaban J connectivity index is 0.000000103. The van der Waals surface area contributed by atoms with Gasteiger partial charge in [-0.15, -0.1) is 34.0 Å². The first-order valence-electron chi connectivity index (χ1n) is 47.5. The summed E-state index contributed by atoms with van der Waals surface area (Å²) in [5, 5.41) is 36.5. The van der Waals surface area contributed by atoms with Crippen LogP contribution in [0.3, 0.4) is 0 Å². The molecule has 3 aromatic heterocycles. The molecule has 30 rings (SSSR count). The Hall–Kier alpha value is -17.2. The van der Waals surface area contributed by atoms with Crippen LogP contribution in [0, 0.1) is 0 Å². The van der Waals surface area contributed by atoms with Crippen molar-refractivity contribution >= 4 is 205 Å². The highest BCUT2D eigenvalue weighted by Gasteiger charge is 2.25. The van der Waals surface area contributed by atoms with Gasteiger partial charge in [-0.05, 0) is 280 Å². The Morgan fingerprint density at radius 1 is 0.122 bits per heavy atom. The van der Waals surface area contributed by atoms with Crippen LogP contribution in [0.5, 0.6) is 0 Å². The summed E-state index contributed by atoms with van der Waals surface area (Å²) in [7, 11) is 0. The first-order valence-corrected chi connectivity index (χ1v) is 49.9. The lowest BCUT2D eigenvalue weighted by atomic mass is 9.89. The summed E-state index contributed by atoms with van der Waals surface area (Å²) < 4.78 is 3.73. The van der Waals surface area contributed by atoms with Crippen LogP contribution in [0.2, 0.25) is 0 Å². The molecule has 0 saturated carbocycles. The number of benzene rings is 26. The van der Waals surface area contributed by atoms with Crippen LogP contribution in [-0.4, -0.2) is 15.0 Å². The highest BCUT2D eigenvalue weighted by Crippen LogP contribution is 2.52. The van der Waals surface area contributed by atoms with Crippen molar-refractivity contribution in [2.45, 2.75) is 0 Å². The predicted molar refractivity (Wildman–Crippen MR) is 600 cm³/mol. The van der Waals surface area contributed by atoms with Gasteiger partial charge < -0.3 is 0 Å². The van der Waals surface area contributed by atoms with Crippen LogP contribution >= 0.6 is 34.0 Å². The molecule has 0 bridgehead atoms. The van der Waals surface area contributed by atoms with Crippen molar-refractivity contribution < 1.29 is 0 Å². The van der Waals surface area contributed by atoms with E-state index in [9.17, 15) is 0 Å². The zero-order valence-electron chi connectivity index (χ0n) is 75.2. The van der Waals surface area contributed by atoms with Crippen LogP contribution in [0.1, 0.15) is 0 Å². The van der Waals surface area contributed by atoms with Gasteiger partial charge in [0.1, 0.15) is 15.0 Å². The molecule has 139 heavy (non-hydrogen) atoms. The first kappa shape index (κ1) is 80.2. The zero-order chi connectivity index (χ0) is 91.3. The minimum absolute atomic E-state index is 1.05. The number of hydrogen-bond acceptors (Lipinski definition) is 6. The van der Waals surface area contributed by atoms with Crippen molar-refractivity contribution in [1.82, 2.24) is 15.0 Å². The standard InChI is InChI=1S/2C45H27NS.C43H25NS/c1-2-10-31(11-3-1)45-46-42-24-22-30-19-17-29-18-20-33(26-40(29)43(30)44(42)47-45)32-12-8-13-34(25-32)39-27-41-35-14-5-4-9-28(35)21-23-38(41)36-15-6-7-16-37(36)39;1-2-9-30(10-3-1)45-46-42-24-22-29-19-17-28-18-20-33(26-40(28)43(29)44(42)47-45)31-11-8-12-32(25-31)34-21-23-39-37-15-5-4-13-35(37)36-14-6-7-16-38(36)41(39)27-34;1-2-8-28(9-3-1)43-44-39-23-20-27-18-16-26-17-19-30(25-38(26)40(27)42(39)45-43)29-10-6-11-31(24-29)32-21-22-37-34-13-5-4-12-33(34)36-15-7-14-35(32)41(36)37/h2*1-27H;1-25H. The van der Waals surface area contributed by atoms with Crippen LogP contribution in [0.15, 0.2) is 479 Å². The van der Waals surface area contributed by atoms with Crippen LogP contribution in [-0.2, 0) is 0 Å². The van der Waals surface area contributed by atoms with Crippen molar-refractivity contribution in [1.29, 1.82) is 0 Å². The number of fused-ring (bicyclic) bond motifs is 29. The molecule has 644 valence electrons. The fourth-order valence-electron chi connectivity index (χ4n) is 22.1. The first-order chi connectivity index (χ1) is 68.9. The Morgan fingerprint density at radius 3 is 0.849 bits per heavy atom. The van der Waals surface area contributed by atoms with Gasteiger partial charge in [-0.2, -0.15) is 0 Å². The Morgan fingerprint density at radius 2 is 0.388 bits per heavy atom. The van der Waals surface area contributed by atoms with Crippen LogP contribution in [0.4, 0.5) is 0 Å². The van der Waals surface area contributed by atoms with Crippen molar-refractivity contribution in [3.63, 3.8) is 0 Å². The van der Waals surface area contributed by atoms with Crippen molar-refractivity contribution in [3.05, 3.63) is 479 Å². The average Bonchev–Trinajstić information content (AvgIpc) is 0.828. The Bertz CT molecular complexity index is 10100. The molecule has 1 aliphatic rings. The highest BCUT2D eigenvalue weighted by molar-refractivity contribution is 7.23. The lowest BCUT2D eigenvalue weighted by Crippen LogP contribution is -1.87. The van der Waals surface area contributed by atoms with Crippen molar-refractivity contribution in [2.75, 3.05) is 0 Å². The average molecular weight is 1820 g/mol. The fourth-order valence-corrected chi connectivity index (χ4v) is 25.5. The largest absolute Gasteiger partial charge is 0.236 e. The SMILES string of the molecule is c1ccc(-c2nc3ccc4ccc5ccc(-c6cccc(-c7cc8c9ccccc9ccc8c8ccccc78)c6)cc5c4c3s2)cc1.c1ccc(-c2nc3ccc4ccc5ccc(-c6cccc(-c7ccc8c9c(cccc79)-c7ccccc7-8)c6)cc5c4c3s2)cc1.c1ccc(-c2nc3ccc4ccc5ccc(-c6cccc(-c7ccc8c9ccccc9c9ccccc9c8c7)c6)cc5c4c3s2)cc1. The van der Waals surface area contributed by atoms with E-state index in [1.165, 1.54) is 243 Å². The second kappa shape index (κ2) is 32.8. The molecule has 0 N–H and O–H groups in total. The molecular formula is C133H79N3S3. The van der Waals surface area contributed by atoms with E-state index in [-0.39, 0.29) is 0 Å². The molecule has 0 fully saturated rings. The molecule has 1 aliphatic carbocycles. The minimum Gasteiger partial charge on any atom is -0.236 e. The molecule has 0 amide bonds. The molecule has 0 spiro atoms. The van der Waals surface area contributed by atoms with Crippen LogP contribution in [0.25, 0.3) is 291 Å². The van der Waals surface area contributed by atoms with E-state index in [0.29, 0.717) is 0 Å². The van der Waals surface area contributed by atoms with E-state index >= 15 is 0 Å². The Labute approximate surface area is 813 Å². The summed E-state index contributed by atoms with van der Waals surface area (Å²) in [5.74, 6) is 0. The van der Waals surface area contributed by atoms with Gasteiger partial charge in [-0.3, -0.25) is 0 Å². The van der Waals surface area contributed by atoms with E-state index in [4.69, 9.17) is 15.0 Å². The molecule has 0 radical (unpaired) electrons. The number of hydrogen-bond donors (Lipinski definition) is 0. The van der Waals surface area contributed by atoms with Gasteiger partial charge in [-0.1, -0.05) is 413 Å². The number of thiazole rings is 3. The van der Waals surface area contributed by atoms with E-state index in [1.54, 1.807) is 34.0 Å². The van der Waals surface area contributed by atoms with Gasteiger partial charge in [0.05, 0.1) is 30.6 Å². The molecule has 0 unspecified atom stereocenters. The predicted octanol–water partition coefficient (Wildman–Crippen LogP) is 38.5. The fraction of sp³-hybridized carbons (Fsp3) is 0. The van der Waals surface area contributed by atoms with Crippen LogP contribution < -0.4 is 0 Å². The van der Waals surface area contributed by atoms with E-state index < -0.39 is 0 Å². The summed E-state index contributed by atoms with van der Waals surface area (Å²) in [6.07, 6.45) is 0. The minimum atomic E-state index is 1.05. The second-order valence-corrected chi connectivity index (χ2v) is 39.6. The molecule has 0 atom stereocenters. The third kappa shape index (κ3) is 13.6. The maximum atomic E-state index is 5.05. The normalized spacial score (nSPS) is 11.9. The molecule has 26 aromatic carbocycles. The van der Waals surface area contributed by atoms with Gasteiger partial charge in [0, 0.05) is 32.8 Å². The molecule has 3 heterocycles. The van der Waals surface area contributed by atoms with Crippen molar-refractivity contribution in [3.8, 4) is 121 Å². The number of rotatable bonds is 9. The third-order valence-electron chi connectivity index (χ3n) is 28.7. The van der Waals surface area contributed by atoms with Gasteiger partial charge in [0.15, 0.2) is 0 Å². The van der Waals surface area contributed by atoms with E-state index in [2.05, 4.69) is 479 Å². The molecule has 6 heteroatoms. The maximum absolute atomic E-state index is 5.05. The summed E-state index contributed by atoms with van der Waals surface area (Å²) in [6.45, 7) is 0. The van der Waals surface area contributed by atoms with Gasteiger partial charge >= 0.3 is 0 Å². The summed E-state index contributed by atoms with van der Waals surface area (Å²) in [4.78, 5) is 15.1. The Kier molecular flexibility index (Phi) is 18.9. The van der Waals surface area contributed by atoms with Gasteiger partial charge in [-0.25, -0.2) is 15.0 Å². The summed E-state index contributed by atoms with van der Waals surface area (Å²) in [6, 6.07) is 175. The maximum Gasteiger partial charge on any atom is 0.124 e. The monoisotopic (exact) mass is 1810 g/mol. The highest BCUT2D eigenvalue weighted by atomic mass is 32.1. The lowest BCUT2D eigenvalue weighted by Gasteiger charge is -2.14. The molecule has 0 saturated heterocycles. The smallest absolute Gasteiger partial charge is 0.124 e. The molecule has 0 aliphatic heterocycles. The van der Waals surface area contributed by atoms with E-state index in [1.807, 2.05) is 0 Å². The van der Waals surface area contributed by atoms with Gasteiger partial charge in [0.25, 0.3) is 0 Å². The van der Waals surface area contributed by atoms with Crippen molar-refractivity contribution in [2.24, 2.45) is 0 Å². The van der Waals surface area contributed by atoms with Gasteiger partial charge in [0.2, 0.25) is 0 Å². The summed E-state index contributed by atoms with van der Waals surface area (Å²) >= 11 is 5.36. The molecule has 3 nitrogen and oxygen atoms in total. The molecular weight excluding hydrogens is 1740 g/mol. The number of nitrogens with zero attached hydrogens (tertiary/aromatic N) is 3. The topological polar surface area (TPSA) is 38.7 Å². The molecule has 29 aromatic rings. The summed E-state index contributed by atoms with van der Waals surface area (Å²) in [5.41, 5.74) is 26.7. The lowest BCUT2D eigenvalue weighted by molar-refractivity contribution is 1.48.